The van der Waals surface area contributed by atoms with Gasteiger partial charge in [0.1, 0.15) is 5.82 Å². The van der Waals surface area contributed by atoms with Crippen LogP contribution in [0.1, 0.15) is 36.3 Å². The summed E-state index contributed by atoms with van der Waals surface area (Å²) in [5.41, 5.74) is 2.09. The van der Waals surface area contributed by atoms with Crippen LogP contribution in [-0.4, -0.2) is 23.9 Å². The maximum absolute atomic E-state index is 13.1. The first kappa shape index (κ1) is 17.0. The lowest BCUT2D eigenvalue weighted by Crippen LogP contribution is -2.35. The molecule has 0 N–H and O–H groups in total. The van der Waals surface area contributed by atoms with Crippen LogP contribution in [0.3, 0.4) is 0 Å². The number of halogens is 2. The highest BCUT2D eigenvalue weighted by atomic mass is 35.5. The van der Waals surface area contributed by atoms with E-state index in [4.69, 9.17) is 11.6 Å². The number of rotatable bonds is 3. The summed E-state index contributed by atoms with van der Waals surface area (Å²) in [5, 5.41) is 0.678. The molecule has 4 heteroatoms. The summed E-state index contributed by atoms with van der Waals surface area (Å²) in [5.74, 6) is 0.205. The Bertz CT molecular complexity index is 684. The summed E-state index contributed by atoms with van der Waals surface area (Å²) >= 11 is 5.89. The van der Waals surface area contributed by atoms with Crippen molar-refractivity contribution in [3.63, 3.8) is 0 Å². The van der Waals surface area contributed by atoms with E-state index in [0.717, 1.165) is 36.9 Å². The quantitative estimate of drug-likeness (QED) is 0.781. The molecule has 0 bridgehead atoms. The molecule has 2 aromatic rings. The third kappa shape index (κ3) is 4.35. The molecule has 0 radical (unpaired) electrons. The highest BCUT2D eigenvalue weighted by Gasteiger charge is 2.23. The predicted octanol–water partition coefficient (Wildman–Crippen LogP) is 4.82. The minimum absolute atomic E-state index is 0.145. The van der Waals surface area contributed by atoms with Crippen molar-refractivity contribution in [2.45, 2.75) is 31.6 Å². The molecule has 2 aromatic carbocycles. The predicted molar refractivity (Wildman–Crippen MR) is 94.7 cm³/mol. The molecule has 0 aliphatic carbocycles. The van der Waals surface area contributed by atoms with Gasteiger partial charge in [0.15, 0.2) is 0 Å². The summed E-state index contributed by atoms with van der Waals surface area (Å²) in [6, 6.07) is 14.1. The first-order valence-corrected chi connectivity index (χ1v) is 8.77. The Balaban J connectivity index is 1.68. The fourth-order valence-corrected chi connectivity index (χ4v) is 3.39. The first-order chi connectivity index (χ1) is 11.6. The van der Waals surface area contributed by atoms with Gasteiger partial charge in [-0.15, -0.1) is 0 Å². The number of nitrogens with zero attached hydrogens (tertiary/aromatic N) is 1. The molecule has 24 heavy (non-hydrogen) atoms. The van der Waals surface area contributed by atoms with E-state index < -0.39 is 0 Å². The minimum atomic E-state index is -0.219. The van der Waals surface area contributed by atoms with E-state index in [-0.39, 0.29) is 17.6 Å². The molecule has 126 valence electrons. The van der Waals surface area contributed by atoms with E-state index in [1.807, 2.05) is 41.3 Å². The topological polar surface area (TPSA) is 20.3 Å². The SMILES string of the molecule is O=C(Cc1ccc(Cl)cc1)N1CCCCC(c2ccc(F)cc2)C1. The van der Waals surface area contributed by atoms with Crippen molar-refractivity contribution in [2.24, 2.45) is 0 Å². The lowest BCUT2D eigenvalue weighted by molar-refractivity contribution is -0.130. The largest absolute Gasteiger partial charge is 0.342 e. The summed E-state index contributed by atoms with van der Waals surface area (Å²) in [6.45, 7) is 1.50. The zero-order chi connectivity index (χ0) is 16.9. The number of benzene rings is 2. The van der Waals surface area contributed by atoms with Crippen molar-refractivity contribution >= 4 is 17.5 Å². The number of carbonyl (C=O) groups excluding carboxylic acids is 1. The highest BCUT2D eigenvalue weighted by Crippen LogP contribution is 2.27. The fraction of sp³-hybridized carbons (Fsp3) is 0.350. The Hall–Kier alpha value is -1.87. The number of hydrogen-bond donors (Lipinski definition) is 0. The van der Waals surface area contributed by atoms with Gasteiger partial charge in [-0.2, -0.15) is 0 Å². The summed E-state index contributed by atoms with van der Waals surface area (Å²) in [4.78, 5) is 14.6. The van der Waals surface area contributed by atoms with Crippen molar-refractivity contribution in [1.29, 1.82) is 0 Å². The van der Waals surface area contributed by atoms with Gasteiger partial charge in [0.25, 0.3) is 0 Å². The molecule has 1 amide bonds. The Kier molecular flexibility index (Phi) is 5.52. The van der Waals surface area contributed by atoms with Crippen LogP contribution in [0.2, 0.25) is 5.02 Å². The standard InChI is InChI=1S/C20H21ClFNO/c21-18-8-4-15(5-9-18)13-20(24)23-12-2-1-3-17(14-23)16-6-10-19(22)11-7-16/h4-11,17H,1-3,12-14H2. The molecule has 3 rings (SSSR count). The summed E-state index contributed by atoms with van der Waals surface area (Å²) < 4.78 is 13.1. The Morgan fingerprint density at radius 3 is 2.50 bits per heavy atom. The molecule has 0 aromatic heterocycles. The van der Waals surface area contributed by atoms with E-state index in [0.29, 0.717) is 18.0 Å². The van der Waals surface area contributed by atoms with Gasteiger partial charge in [-0.1, -0.05) is 42.3 Å². The number of likely N-dealkylation sites (tertiary alicyclic amines) is 1. The number of carbonyl (C=O) groups is 1. The van der Waals surface area contributed by atoms with E-state index >= 15 is 0 Å². The second-order valence-electron chi connectivity index (χ2n) is 6.39. The third-order valence-corrected chi connectivity index (χ3v) is 4.89. The number of amides is 1. The van der Waals surface area contributed by atoms with Gasteiger partial charge in [-0.25, -0.2) is 4.39 Å². The normalized spacial score (nSPS) is 18.2. The third-order valence-electron chi connectivity index (χ3n) is 4.63. The monoisotopic (exact) mass is 345 g/mol. The second kappa shape index (κ2) is 7.80. The van der Waals surface area contributed by atoms with Crippen LogP contribution in [0.5, 0.6) is 0 Å². The van der Waals surface area contributed by atoms with Gasteiger partial charge in [0, 0.05) is 24.0 Å². The zero-order valence-corrected chi connectivity index (χ0v) is 14.3. The fourth-order valence-electron chi connectivity index (χ4n) is 3.26. The van der Waals surface area contributed by atoms with Crippen molar-refractivity contribution in [3.8, 4) is 0 Å². The summed E-state index contributed by atoms with van der Waals surface area (Å²) in [7, 11) is 0. The van der Waals surface area contributed by atoms with E-state index in [9.17, 15) is 9.18 Å². The molecule has 2 nitrogen and oxygen atoms in total. The maximum atomic E-state index is 13.1. The maximum Gasteiger partial charge on any atom is 0.227 e. The van der Waals surface area contributed by atoms with E-state index in [2.05, 4.69) is 0 Å². The van der Waals surface area contributed by atoms with Crippen molar-refractivity contribution in [1.82, 2.24) is 4.90 Å². The lowest BCUT2D eigenvalue weighted by Gasteiger charge is -2.25. The molecule has 1 saturated heterocycles. The Morgan fingerprint density at radius 1 is 1.08 bits per heavy atom. The molecule has 1 aliphatic heterocycles. The van der Waals surface area contributed by atoms with Crippen LogP contribution in [0.25, 0.3) is 0 Å². The van der Waals surface area contributed by atoms with Gasteiger partial charge in [0.05, 0.1) is 6.42 Å². The molecular weight excluding hydrogens is 325 g/mol. The van der Waals surface area contributed by atoms with Crippen LogP contribution in [-0.2, 0) is 11.2 Å². The molecule has 1 fully saturated rings. The Morgan fingerprint density at radius 2 is 1.79 bits per heavy atom. The zero-order valence-electron chi connectivity index (χ0n) is 13.6. The summed E-state index contributed by atoms with van der Waals surface area (Å²) in [6.07, 6.45) is 3.54. The molecule has 1 heterocycles. The Labute approximate surface area is 147 Å². The molecular formula is C20H21ClFNO. The van der Waals surface area contributed by atoms with Crippen LogP contribution in [0.15, 0.2) is 48.5 Å². The molecule has 0 spiro atoms. The van der Waals surface area contributed by atoms with Gasteiger partial charge < -0.3 is 4.90 Å². The lowest BCUT2D eigenvalue weighted by atomic mass is 9.94. The van der Waals surface area contributed by atoms with E-state index in [1.54, 1.807) is 0 Å². The molecule has 1 aliphatic rings. The van der Waals surface area contributed by atoms with Gasteiger partial charge in [-0.3, -0.25) is 4.79 Å². The van der Waals surface area contributed by atoms with Gasteiger partial charge >= 0.3 is 0 Å². The second-order valence-corrected chi connectivity index (χ2v) is 6.82. The van der Waals surface area contributed by atoms with E-state index in [1.165, 1.54) is 12.1 Å². The number of hydrogen-bond acceptors (Lipinski definition) is 1. The average Bonchev–Trinajstić information content (AvgIpc) is 2.84. The molecule has 0 saturated carbocycles. The van der Waals surface area contributed by atoms with Crippen LogP contribution in [0, 0.1) is 5.82 Å². The smallest absolute Gasteiger partial charge is 0.227 e. The van der Waals surface area contributed by atoms with Crippen molar-refractivity contribution in [3.05, 3.63) is 70.5 Å². The molecule has 1 atom stereocenters. The average molecular weight is 346 g/mol. The van der Waals surface area contributed by atoms with Crippen molar-refractivity contribution in [2.75, 3.05) is 13.1 Å². The van der Waals surface area contributed by atoms with Crippen molar-refractivity contribution < 1.29 is 9.18 Å². The van der Waals surface area contributed by atoms with Crippen LogP contribution in [0.4, 0.5) is 4.39 Å². The molecule has 1 unspecified atom stereocenters. The van der Waals surface area contributed by atoms with Gasteiger partial charge in [0.2, 0.25) is 5.91 Å². The minimum Gasteiger partial charge on any atom is -0.342 e. The highest BCUT2D eigenvalue weighted by molar-refractivity contribution is 6.30. The van der Waals surface area contributed by atoms with Crippen LogP contribution >= 0.6 is 11.6 Å². The van der Waals surface area contributed by atoms with Gasteiger partial charge in [-0.05, 0) is 48.2 Å². The first-order valence-electron chi connectivity index (χ1n) is 8.39. The van der Waals surface area contributed by atoms with Crippen LogP contribution < -0.4 is 0 Å².